The smallest absolute Gasteiger partial charge is 0.216 e. The summed E-state index contributed by atoms with van der Waals surface area (Å²) in [7, 11) is 0. The molecule has 0 amide bonds. The van der Waals surface area contributed by atoms with Gasteiger partial charge in [-0.2, -0.15) is 0 Å². The van der Waals surface area contributed by atoms with Crippen molar-refractivity contribution in [3.05, 3.63) is 461 Å². The fraction of sp³-hybridized carbons (Fsp3) is 0.0847. The van der Waals surface area contributed by atoms with Crippen LogP contribution in [0.5, 0.6) is 0 Å². The van der Waals surface area contributed by atoms with Crippen LogP contribution in [0, 0.1) is 55.5 Å². The zero-order valence-electron chi connectivity index (χ0n) is 76.0. The van der Waals surface area contributed by atoms with E-state index >= 15 is 0 Å². The summed E-state index contributed by atoms with van der Waals surface area (Å²) in [6.07, 6.45) is 18.0. The van der Waals surface area contributed by atoms with Crippen LogP contribution in [0.2, 0.25) is 0 Å². The van der Waals surface area contributed by atoms with Crippen molar-refractivity contribution in [2.75, 3.05) is 0 Å². The largest absolute Gasteiger partial charge is 0.486 e. The molecule has 4 radical (unpaired) electrons. The van der Waals surface area contributed by atoms with Gasteiger partial charge in [0.15, 0.2) is 0 Å². The van der Waals surface area contributed by atoms with Crippen molar-refractivity contribution < 1.29 is 98.1 Å². The summed E-state index contributed by atoms with van der Waals surface area (Å²) in [5.74, 6) is 1.30. The van der Waals surface area contributed by atoms with Gasteiger partial charge in [0.1, 0.15) is 0 Å². The standard InChI is InChI=1S/3C19H15N2O.C17H11N2O.4C11H8N.4Ir/c1-12(2)13-8-9-17(21-11-13)16-6-3-5-14-15-7-4-10-20-19(15)22-18(14)16;1-12(2)13-8-10-20-17(11-13)16-6-3-5-14-15-7-4-9-21-19(15)22-18(14)16;1-12(2)16-10-9-14-13-6-5-7-15(17-8-3-4-11-20-17)18(13)22-19(14)21-16;1-11-8-9-13-12-5-4-6-14(15-7-2-3-10-18-15)16(12)20-17(13)19-11;4*1-2-6-10(7-3-1)11-8-4-5-9-12-11;;;;/h2*3-5,7-12H,1-2H3;3-6,8-12H,1-2H3;2-5,7-10H,1H3;4*1-6,8-9H;;;;/q8*-1;;;;. The molecule has 0 spiro atoms. The van der Waals surface area contributed by atoms with Crippen LogP contribution in [0.25, 0.3) is 178 Å². The van der Waals surface area contributed by atoms with E-state index in [2.05, 4.69) is 180 Å². The van der Waals surface area contributed by atoms with Crippen LogP contribution in [0.3, 0.4) is 0 Å². The predicted molar refractivity (Wildman–Crippen MR) is 535 cm³/mol. The van der Waals surface area contributed by atoms with Crippen LogP contribution in [-0.4, -0.2) is 59.8 Å². The molecule has 138 heavy (non-hydrogen) atoms. The number of nitrogens with zero attached hydrogens (tertiary/aromatic N) is 12. The Morgan fingerprint density at radius 2 is 0.536 bits per heavy atom. The van der Waals surface area contributed by atoms with E-state index in [0.717, 1.165) is 167 Å². The van der Waals surface area contributed by atoms with Crippen LogP contribution in [0.15, 0.2) is 407 Å². The molecule has 688 valence electrons. The number of benzene rings is 8. The van der Waals surface area contributed by atoms with Crippen molar-refractivity contribution in [3.63, 3.8) is 0 Å². The molecule has 0 aliphatic rings. The van der Waals surface area contributed by atoms with Crippen molar-refractivity contribution in [1.82, 2.24) is 59.8 Å². The average molecular weight is 2510 g/mol. The van der Waals surface area contributed by atoms with Gasteiger partial charge in [-0.1, -0.05) is 182 Å². The minimum Gasteiger partial charge on any atom is -0.486 e. The topological polar surface area (TPSA) is 207 Å². The van der Waals surface area contributed by atoms with Crippen LogP contribution in [-0.2, 0) is 80.4 Å². The van der Waals surface area contributed by atoms with Gasteiger partial charge in [0.05, 0.1) is 22.3 Å². The minimum absolute atomic E-state index is 0. The van der Waals surface area contributed by atoms with E-state index in [1.165, 1.54) is 11.1 Å². The van der Waals surface area contributed by atoms with E-state index in [-0.39, 0.29) is 80.4 Å². The Morgan fingerprint density at radius 3 is 0.870 bits per heavy atom. The summed E-state index contributed by atoms with van der Waals surface area (Å²) in [5, 5.41) is 8.30. The molecule has 16 heterocycles. The maximum absolute atomic E-state index is 6.05. The zero-order chi connectivity index (χ0) is 91.7. The molecule has 0 saturated heterocycles. The number of pyridine rings is 12. The van der Waals surface area contributed by atoms with Crippen LogP contribution in [0.1, 0.15) is 81.8 Å². The fourth-order valence-corrected chi connectivity index (χ4v) is 14.7. The second-order valence-electron chi connectivity index (χ2n) is 31.7. The van der Waals surface area contributed by atoms with Crippen molar-refractivity contribution >= 4 is 88.3 Å². The van der Waals surface area contributed by atoms with E-state index in [9.17, 15) is 0 Å². The third-order valence-electron chi connectivity index (χ3n) is 21.6. The molecular weight excluding hydrogens is 2420 g/mol. The number of aryl methyl sites for hydroxylation is 1. The van der Waals surface area contributed by atoms with Gasteiger partial charge in [-0.05, 0) is 167 Å². The molecular formula is C118H88Ir4N12O4-8. The second kappa shape index (κ2) is 49.7. The molecule has 0 saturated carbocycles. The number of fused-ring (bicyclic) bond motifs is 12. The molecule has 0 aliphatic heterocycles. The van der Waals surface area contributed by atoms with Gasteiger partial charge in [-0.3, -0.25) is 0 Å². The first-order valence-electron chi connectivity index (χ1n) is 44.0. The van der Waals surface area contributed by atoms with Crippen molar-refractivity contribution in [3.8, 4) is 90.1 Å². The van der Waals surface area contributed by atoms with E-state index in [4.69, 9.17) is 17.7 Å². The van der Waals surface area contributed by atoms with E-state index in [0.29, 0.717) is 40.6 Å². The number of furan rings is 4. The molecule has 24 rings (SSSR count). The van der Waals surface area contributed by atoms with Gasteiger partial charge in [0.25, 0.3) is 0 Å². The molecule has 20 heteroatoms. The average Bonchev–Trinajstić information content (AvgIpc) is 1.63. The van der Waals surface area contributed by atoms with Gasteiger partial charge in [-0.25, -0.2) is 19.9 Å². The van der Waals surface area contributed by atoms with Crippen LogP contribution < -0.4 is 0 Å². The Labute approximate surface area is 855 Å². The Balaban J connectivity index is 0.000000134. The maximum Gasteiger partial charge on any atom is 0.216 e. The van der Waals surface area contributed by atoms with Crippen molar-refractivity contribution in [2.45, 2.75) is 66.2 Å². The first-order valence-corrected chi connectivity index (χ1v) is 44.0. The number of hydrogen-bond donors (Lipinski definition) is 0. The molecule has 16 aromatic heterocycles. The molecule has 0 unspecified atom stereocenters. The third-order valence-corrected chi connectivity index (χ3v) is 21.6. The molecule has 24 aromatic rings. The number of hydrogen-bond acceptors (Lipinski definition) is 16. The second-order valence-corrected chi connectivity index (χ2v) is 31.7. The predicted octanol–water partition coefficient (Wildman–Crippen LogP) is 29.2. The van der Waals surface area contributed by atoms with Crippen molar-refractivity contribution in [1.29, 1.82) is 0 Å². The van der Waals surface area contributed by atoms with Gasteiger partial charge < -0.3 is 57.5 Å². The Hall–Kier alpha value is -14.6. The van der Waals surface area contributed by atoms with E-state index in [1.54, 1.807) is 49.6 Å². The maximum atomic E-state index is 6.05. The molecule has 0 fully saturated rings. The first kappa shape index (κ1) is 101. The van der Waals surface area contributed by atoms with Gasteiger partial charge in [0.2, 0.25) is 22.9 Å². The SMILES string of the molecule is CC(C)c1ccc(-c2[c-]ccc3c2oc2ncccc23)nc1.CC(C)c1ccc2c(n1)oc1c(-c3ccccn3)[c-]ccc12.CC(C)c1ccnc(-c2[c-]ccc3c2oc2ncccc23)c1.Cc1ccc2c(n1)oc1c(-c3ccccn3)[c-]ccc12.[Ir].[Ir].[Ir].[Ir].[c-]1ccccc1-c1ccccn1.[c-]1ccccc1-c1ccccn1.[c-]1ccccc1-c1ccccn1.[c-]1ccccc1-c1ccccn1. The Bertz CT molecular complexity index is 7450. The monoisotopic (exact) mass is 2510 g/mol. The van der Waals surface area contributed by atoms with Crippen molar-refractivity contribution in [2.24, 2.45) is 0 Å². The molecule has 0 bridgehead atoms. The molecule has 16 nitrogen and oxygen atoms in total. The van der Waals surface area contributed by atoms with E-state index < -0.39 is 0 Å². The number of rotatable bonds is 11. The molecule has 0 atom stereocenters. The van der Waals surface area contributed by atoms with Crippen LogP contribution in [0.4, 0.5) is 0 Å². The fourth-order valence-electron chi connectivity index (χ4n) is 14.7. The Morgan fingerprint density at radius 1 is 0.217 bits per heavy atom. The molecule has 8 aromatic carbocycles. The first-order chi connectivity index (χ1) is 65.9. The summed E-state index contributed by atoms with van der Waals surface area (Å²) < 4.78 is 23.9. The van der Waals surface area contributed by atoms with Gasteiger partial charge in [-0.15, -0.1) is 216 Å². The molecule has 0 aliphatic carbocycles. The summed E-state index contributed by atoms with van der Waals surface area (Å²) in [6, 6.07) is 132. The molecule has 0 N–H and O–H groups in total. The third kappa shape index (κ3) is 25.0. The Kier molecular flexibility index (Phi) is 36.3. The number of aromatic nitrogens is 12. The summed E-state index contributed by atoms with van der Waals surface area (Å²) >= 11 is 0. The van der Waals surface area contributed by atoms with E-state index in [1.807, 2.05) is 317 Å². The zero-order valence-corrected chi connectivity index (χ0v) is 85.6. The summed E-state index contributed by atoms with van der Waals surface area (Å²) in [5.41, 5.74) is 25.3. The summed E-state index contributed by atoms with van der Waals surface area (Å²) in [4.78, 5) is 52.4. The quantitative estimate of drug-likeness (QED) is 0.110. The van der Waals surface area contributed by atoms with Gasteiger partial charge >= 0.3 is 0 Å². The van der Waals surface area contributed by atoms with Crippen LogP contribution >= 0.6 is 0 Å². The normalized spacial score (nSPS) is 10.5. The minimum atomic E-state index is 0. The summed E-state index contributed by atoms with van der Waals surface area (Å²) in [6.45, 7) is 14.9. The van der Waals surface area contributed by atoms with Gasteiger partial charge in [0, 0.05) is 175 Å².